The van der Waals surface area contributed by atoms with Crippen LogP contribution in [0.1, 0.15) is 103 Å². The van der Waals surface area contributed by atoms with Crippen LogP contribution in [0.25, 0.3) is 11.1 Å². The van der Waals surface area contributed by atoms with E-state index in [1.807, 2.05) is 6.92 Å². The minimum absolute atomic E-state index is 0.111. The van der Waals surface area contributed by atoms with Gasteiger partial charge in [0.15, 0.2) is 6.17 Å². The average molecular weight is 590 g/mol. The minimum Gasteiger partial charge on any atom is -0.492 e. The Morgan fingerprint density at radius 1 is 0.921 bits per heavy atom. The quantitative estimate of drug-likeness (QED) is 0.144. The lowest BCUT2D eigenvalue weighted by Crippen LogP contribution is -2.29. The summed E-state index contributed by atoms with van der Waals surface area (Å²) in [5.74, 6) is 0.890. The SMILES string of the molecule is CCCCCCCOc1ccc(-c2ccc(CC[C@H]3CC[C@H](OC(=O)[C@@H](F)CCCC)CC3)cc2)cc1Br. The van der Waals surface area contributed by atoms with Crippen molar-refractivity contribution in [3.05, 3.63) is 52.5 Å². The Balaban J connectivity index is 1.39. The van der Waals surface area contributed by atoms with Gasteiger partial charge in [0.1, 0.15) is 11.9 Å². The molecule has 0 amide bonds. The van der Waals surface area contributed by atoms with Crippen LogP contribution >= 0.6 is 15.9 Å². The molecule has 1 aliphatic carbocycles. The summed E-state index contributed by atoms with van der Waals surface area (Å²) in [6, 6.07) is 15.2. The summed E-state index contributed by atoms with van der Waals surface area (Å²) in [4.78, 5) is 12.0. The van der Waals surface area contributed by atoms with Gasteiger partial charge in [-0.1, -0.05) is 82.7 Å². The number of carbonyl (C=O) groups excluding carboxylic acids is 1. The summed E-state index contributed by atoms with van der Waals surface area (Å²) in [5, 5.41) is 0. The molecule has 0 radical (unpaired) electrons. The highest BCUT2D eigenvalue weighted by atomic mass is 79.9. The molecule has 0 spiro atoms. The second-order valence-corrected chi connectivity index (χ2v) is 11.7. The van der Waals surface area contributed by atoms with Crippen LogP contribution in [0.5, 0.6) is 5.75 Å². The maximum Gasteiger partial charge on any atom is 0.340 e. The van der Waals surface area contributed by atoms with Crippen molar-refractivity contribution < 1.29 is 18.7 Å². The monoisotopic (exact) mass is 588 g/mol. The molecule has 1 aliphatic rings. The average Bonchev–Trinajstić information content (AvgIpc) is 2.94. The van der Waals surface area contributed by atoms with Gasteiger partial charge in [-0.05, 0) is 102 Å². The van der Waals surface area contributed by atoms with Crippen LogP contribution in [-0.2, 0) is 16.0 Å². The topological polar surface area (TPSA) is 35.5 Å². The van der Waals surface area contributed by atoms with E-state index in [0.29, 0.717) is 5.92 Å². The number of aryl methyl sites for hydroxylation is 1. The summed E-state index contributed by atoms with van der Waals surface area (Å²) in [5.41, 5.74) is 3.73. The molecule has 0 aromatic heterocycles. The highest BCUT2D eigenvalue weighted by Crippen LogP contribution is 2.32. The Morgan fingerprint density at radius 2 is 1.61 bits per heavy atom. The smallest absolute Gasteiger partial charge is 0.340 e. The molecule has 0 saturated heterocycles. The van der Waals surface area contributed by atoms with Crippen molar-refractivity contribution in [3.8, 4) is 16.9 Å². The van der Waals surface area contributed by atoms with E-state index in [-0.39, 0.29) is 12.5 Å². The number of benzene rings is 2. The third-order valence-electron chi connectivity index (χ3n) is 7.71. The zero-order chi connectivity index (χ0) is 27.2. The lowest BCUT2D eigenvalue weighted by atomic mass is 9.83. The first kappa shape index (κ1) is 30.7. The number of alkyl halides is 1. The largest absolute Gasteiger partial charge is 0.492 e. The van der Waals surface area contributed by atoms with E-state index in [1.54, 1.807) is 0 Å². The third kappa shape index (κ3) is 10.4. The van der Waals surface area contributed by atoms with Gasteiger partial charge in [0, 0.05) is 0 Å². The van der Waals surface area contributed by atoms with E-state index in [4.69, 9.17) is 9.47 Å². The molecule has 1 fully saturated rings. The lowest BCUT2D eigenvalue weighted by Gasteiger charge is -2.28. The molecule has 5 heteroatoms. The summed E-state index contributed by atoms with van der Waals surface area (Å²) in [6.07, 6.45) is 12.5. The lowest BCUT2D eigenvalue weighted by molar-refractivity contribution is -0.157. The van der Waals surface area contributed by atoms with Crippen molar-refractivity contribution in [1.29, 1.82) is 0 Å². The number of unbranched alkanes of at least 4 members (excludes halogenated alkanes) is 5. The molecule has 0 unspecified atom stereocenters. The van der Waals surface area contributed by atoms with Crippen molar-refractivity contribution in [2.24, 2.45) is 5.92 Å². The van der Waals surface area contributed by atoms with Crippen LogP contribution in [0, 0.1) is 5.92 Å². The number of hydrogen-bond acceptors (Lipinski definition) is 3. The summed E-state index contributed by atoms with van der Waals surface area (Å²) in [7, 11) is 0. The van der Waals surface area contributed by atoms with Crippen LogP contribution in [-0.4, -0.2) is 24.9 Å². The van der Waals surface area contributed by atoms with Crippen LogP contribution in [0.4, 0.5) is 4.39 Å². The fraction of sp³-hybridized carbons (Fsp3) is 0.606. The maximum absolute atomic E-state index is 13.9. The number of halogens is 2. The predicted molar refractivity (Wildman–Crippen MR) is 158 cm³/mol. The molecule has 3 rings (SSSR count). The zero-order valence-electron chi connectivity index (χ0n) is 23.4. The van der Waals surface area contributed by atoms with Gasteiger partial charge in [-0.15, -0.1) is 0 Å². The second-order valence-electron chi connectivity index (χ2n) is 10.8. The summed E-state index contributed by atoms with van der Waals surface area (Å²) < 4.78 is 26.3. The second kappa shape index (κ2) is 16.9. The Bertz CT molecular complexity index is 953. The Kier molecular flexibility index (Phi) is 13.7. The molecular formula is C33H46BrFO3. The third-order valence-corrected chi connectivity index (χ3v) is 8.33. The number of esters is 1. The van der Waals surface area contributed by atoms with Gasteiger partial charge in [-0.3, -0.25) is 0 Å². The van der Waals surface area contributed by atoms with Crippen LogP contribution in [0.15, 0.2) is 46.9 Å². The van der Waals surface area contributed by atoms with Gasteiger partial charge in [0.25, 0.3) is 0 Å². The summed E-state index contributed by atoms with van der Waals surface area (Å²) >= 11 is 3.68. The number of ether oxygens (including phenoxy) is 2. The molecule has 1 saturated carbocycles. The van der Waals surface area contributed by atoms with E-state index in [2.05, 4.69) is 65.3 Å². The zero-order valence-corrected chi connectivity index (χ0v) is 24.9. The van der Waals surface area contributed by atoms with E-state index in [0.717, 1.165) is 74.6 Å². The predicted octanol–water partition coefficient (Wildman–Crippen LogP) is 10.0. The summed E-state index contributed by atoms with van der Waals surface area (Å²) in [6.45, 7) is 5.00. The molecule has 0 N–H and O–H groups in total. The Morgan fingerprint density at radius 3 is 2.29 bits per heavy atom. The normalized spacial score (nSPS) is 18.2. The molecule has 1 atom stereocenters. The van der Waals surface area contributed by atoms with Crippen molar-refractivity contribution in [3.63, 3.8) is 0 Å². The van der Waals surface area contributed by atoms with Gasteiger partial charge >= 0.3 is 5.97 Å². The number of hydrogen-bond donors (Lipinski definition) is 0. The molecule has 3 nitrogen and oxygen atoms in total. The standard InChI is InChI=1S/C33H46BrFO3/c1-3-5-7-8-9-23-37-32-22-19-28(24-30(32)34)27-17-13-25(14-18-27)11-12-26-15-20-29(21-16-26)38-33(36)31(35)10-6-4-2/h13-14,17-19,22,24,26,29,31H,3-12,15-16,20-21,23H2,1-2H3/t26-,29-,31-/m0/s1. The van der Waals surface area contributed by atoms with Crippen molar-refractivity contribution >= 4 is 21.9 Å². The first-order chi connectivity index (χ1) is 18.5. The van der Waals surface area contributed by atoms with Crippen molar-refractivity contribution in [2.45, 2.75) is 116 Å². The van der Waals surface area contributed by atoms with Crippen LogP contribution < -0.4 is 4.74 Å². The molecule has 2 aromatic rings. The van der Waals surface area contributed by atoms with Crippen LogP contribution in [0.3, 0.4) is 0 Å². The van der Waals surface area contributed by atoms with E-state index in [1.165, 1.54) is 42.4 Å². The first-order valence-corrected chi connectivity index (χ1v) is 15.7. The van der Waals surface area contributed by atoms with E-state index in [9.17, 15) is 9.18 Å². The maximum atomic E-state index is 13.9. The number of carbonyl (C=O) groups is 1. The van der Waals surface area contributed by atoms with E-state index < -0.39 is 12.1 Å². The van der Waals surface area contributed by atoms with Crippen molar-refractivity contribution in [2.75, 3.05) is 6.61 Å². The van der Waals surface area contributed by atoms with Gasteiger partial charge in [0.05, 0.1) is 11.1 Å². The molecule has 0 aliphatic heterocycles. The molecule has 2 aromatic carbocycles. The van der Waals surface area contributed by atoms with E-state index >= 15 is 0 Å². The van der Waals surface area contributed by atoms with Crippen molar-refractivity contribution in [1.82, 2.24) is 0 Å². The van der Waals surface area contributed by atoms with Gasteiger partial charge in [-0.2, -0.15) is 0 Å². The highest BCUT2D eigenvalue weighted by molar-refractivity contribution is 9.10. The molecule has 0 bridgehead atoms. The van der Waals surface area contributed by atoms with Gasteiger partial charge in [0.2, 0.25) is 0 Å². The van der Waals surface area contributed by atoms with Gasteiger partial charge < -0.3 is 9.47 Å². The molecule has 0 heterocycles. The fourth-order valence-electron chi connectivity index (χ4n) is 5.20. The van der Waals surface area contributed by atoms with Gasteiger partial charge in [-0.25, -0.2) is 9.18 Å². The molecular weight excluding hydrogens is 543 g/mol. The minimum atomic E-state index is -1.46. The number of rotatable bonds is 16. The Hall–Kier alpha value is -1.88. The highest BCUT2D eigenvalue weighted by Gasteiger charge is 2.27. The first-order valence-electron chi connectivity index (χ1n) is 14.9. The van der Waals surface area contributed by atoms with Crippen LogP contribution in [0.2, 0.25) is 0 Å². The molecule has 38 heavy (non-hydrogen) atoms. The molecule has 210 valence electrons. The fourth-order valence-corrected chi connectivity index (χ4v) is 5.69. The Labute approximate surface area is 238 Å².